The van der Waals surface area contributed by atoms with Crippen LogP contribution in [0.25, 0.3) is 5.65 Å². The molecule has 3 aromatic heterocycles. The van der Waals surface area contributed by atoms with E-state index in [1.54, 1.807) is 10.6 Å². The molecule has 0 spiro atoms. The summed E-state index contributed by atoms with van der Waals surface area (Å²) in [7, 11) is 0. The molecule has 3 aliphatic heterocycles. The van der Waals surface area contributed by atoms with Gasteiger partial charge in [-0.25, -0.2) is 19.3 Å². The maximum absolute atomic E-state index is 13.5. The van der Waals surface area contributed by atoms with E-state index in [1.165, 1.54) is 17.2 Å². The second-order valence-corrected chi connectivity index (χ2v) is 12.5. The normalized spacial score (nSPS) is 23.6. The Morgan fingerprint density at radius 2 is 1.69 bits per heavy atom. The summed E-state index contributed by atoms with van der Waals surface area (Å²) >= 11 is 0. The highest BCUT2D eigenvalue weighted by molar-refractivity contribution is 5.91. The molecule has 0 unspecified atom stereocenters. The van der Waals surface area contributed by atoms with Gasteiger partial charge < -0.3 is 19.8 Å². The van der Waals surface area contributed by atoms with Crippen molar-refractivity contribution < 1.29 is 14.7 Å². The number of nitrogens with zero attached hydrogens (tertiary/aromatic N) is 7. The molecule has 7 rings (SSSR count). The van der Waals surface area contributed by atoms with Gasteiger partial charge in [0.15, 0.2) is 11.3 Å². The number of benzene rings is 1. The van der Waals surface area contributed by atoms with Crippen LogP contribution < -0.4 is 9.80 Å². The summed E-state index contributed by atoms with van der Waals surface area (Å²) in [5.41, 5.74) is 5.56. The first-order valence-corrected chi connectivity index (χ1v) is 14.6. The number of pyridine rings is 2. The minimum absolute atomic E-state index is 0.0442. The highest BCUT2D eigenvalue weighted by Crippen LogP contribution is 2.37. The number of carbonyl (C=O) groups excluding carboxylic acids is 1. The number of hydrogen-bond donors (Lipinski definition) is 1. The van der Waals surface area contributed by atoms with Crippen molar-refractivity contribution in [2.45, 2.75) is 32.6 Å². The Morgan fingerprint density at radius 3 is 2.40 bits per heavy atom. The fourth-order valence-corrected chi connectivity index (χ4v) is 6.97. The molecule has 3 fully saturated rings. The molecule has 3 saturated heterocycles. The second kappa shape index (κ2) is 9.82. The van der Waals surface area contributed by atoms with Gasteiger partial charge in [-0.05, 0) is 49.6 Å². The molecule has 10 heteroatoms. The smallest absolute Gasteiger partial charge is 0.354 e. The molecule has 1 aromatic carbocycles. The monoisotopic (exact) mass is 565 g/mol. The number of rotatable bonds is 5. The number of fused-ring (bicyclic) bond motifs is 2. The lowest BCUT2D eigenvalue weighted by Gasteiger charge is -2.26. The van der Waals surface area contributed by atoms with Crippen LogP contribution in [0.15, 0.2) is 54.7 Å². The minimum atomic E-state index is -1.03. The lowest BCUT2D eigenvalue weighted by atomic mass is 9.81. The van der Waals surface area contributed by atoms with Crippen molar-refractivity contribution in [3.8, 4) is 0 Å². The Kier molecular flexibility index (Phi) is 6.18. The van der Waals surface area contributed by atoms with Crippen LogP contribution >= 0.6 is 0 Å². The molecule has 216 valence electrons. The molecule has 6 heterocycles. The van der Waals surface area contributed by atoms with Gasteiger partial charge in [0.2, 0.25) is 5.82 Å². The number of aromatic nitrogens is 4. The van der Waals surface area contributed by atoms with Crippen molar-refractivity contribution >= 4 is 29.0 Å². The Balaban J connectivity index is 1.04. The van der Waals surface area contributed by atoms with Gasteiger partial charge in [-0.15, -0.1) is 5.10 Å². The third-order valence-corrected chi connectivity index (χ3v) is 9.43. The summed E-state index contributed by atoms with van der Waals surface area (Å²) in [4.78, 5) is 40.2. The molecule has 1 amide bonds. The van der Waals surface area contributed by atoms with Gasteiger partial charge in [-0.2, -0.15) is 0 Å². The van der Waals surface area contributed by atoms with Crippen molar-refractivity contribution in [3.05, 3.63) is 82.9 Å². The number of anilines is 2. The topological polar surface area (TPSA) is 107 Å². The van der Waals surface area contributed by atoms with Gasteiger partial charge >= 0.3 is 5.97 Å². The number of carboxylic acid groups (broad SMARTS) is 1. The molecule has 0 saturated carbocycles. The van der Waals surface area contributed by atoms with Crippen LogP contribution in [0.4, 0.5) is 11.5 Å². The predicted molar refractivity (Wildman–Crippen MR) is 159 cm³/mol. The highest BCUT2D eigenvalue weighted by Gasteiger charge is 2.43. The van der Waals surface area contributed by atoms with Crippen LogP contribution in [0.2, 0.25) is 0 Å². The Hall–Kier alpha value is -4.47. The van der Waals surface area contributed by atoms with E-state index >= 15 is 0 Å². The molecule has 3 aliphatic rings. The van der Waals surface area contributed by atoms with Gasteiger partial charge in [-0.3, -0.25) is 4.79 Å². The van der Waals surface area contributed by atoms with E-state index in [2.05, 4.69) is 69.0 Å². The molecule has 0 radical (unpaired) electrons. The maximum Gasteiger partial charge on any atom is 0.354 e. The second-order valence-electron chi connectivity index (χ2n) is 12.5. The van der Waals surface area contributed by atoms with E-state index in [0.717, 1.165) is 43.9 Å². The largest absolute Gasteiger partial charge is 0.477 e. The molecular weight excluding hydrogens is 530 g/mol. The number of hydrogen-bond acceptors (Lipinski definition) is 7. The standard InChI is InChI=1S/C32H35N7O3/c1-20-7-9-24(10-8-20)32(3)11-12-36(19-32)25-13-21(2)29-34-28(35-39(29)18-25)30(40)38-16-22-14-37(15-23(22)17-38)27-6-4-5-26(33-27)31(41)42/h4-10,13,18,22-23H,11-12,14-17,19H2,1-3H3,(H,41,42)/t22-,23+,32-/m0/s1. The van der Waals surface area contributed by atoms with E-state index in [1.807, 2.05) is 24.1 Å². The average molecular weight is 566 g/mol. The maximum atomic E-state index is 13.5. The summed E-state index contributed by atoms with van der Waals surface area (Å²) in [6.45, 7) is 11.1. The van der Waals surface area contributed by atoms with Gasteiger partial charge in [0.1, 0.15) is 5.82 Å². The van der Waals surface area contributed by atoms with E-state index in [0.29, 0.717) is 36.4 Å². The summed E-state index contributed by atoms with van der Waals surface area (Å²) in [6.07, 6.45) is 3.08. The van der Waals surface area contributed by atoms with Crippen LogP contribution in [0, 0.1) is 25.7 Å². The van der Waals surface area contributed by atoms with Gasteiger partial charge in [0.05, 0.1) is 11.9 Å². The lowest BCUT2D eigenvalue weighted by Crippen LogP contribution is -2.34. The third kappa shape index (κ3) is 4.55. The number of carboxylic acids is 1. The molecule has 10 nitrogen and oxygen atoms in total. The van der Waals surface area contributed by atoms with Crippen molar-refractivity contribution in [1.82, 2.24) is 24.5 Å². The molecule has 4 aromatic rings. The van der Waals surface area contributed by atoms with E-state index in [-0.39, 0.29) is 22.8 Å². The molecular formula is C32H35N7O3. The Labute approximate surface area is 244 Å². The first kappa shape index (κ1) is 26.4. The SMILES string of the molecule is Cc1ccc([C@@]2(C)CCN(c3cc(C)c4nc(C(=O)N5C[C@@H]6CN(c7cccc(C(=O)O)n7)C[C@@H]6C5)nn4c3)C2)cc1. The molecule has 42 heavy (non-hydrogen) atoms. The molecule has 1 N–H and O–H groups in total. The zero-order valence-electron chi connectivity index (χ0n) is 24.2. The summed E-state index contributed by atoms with van der Waals surface area (Å²) in [5, 5.41) is 13.9. The van der Waals surface area contributed by atoms with Crippen LogP contribution in [-0.2, 0) is 5.41 Å². The zero-order valence-corrected chi connectivity index (χ0v) is 24.2. The van der Waals surface area contributed by atoms with Crippen LogP contribution in [0.5, 0.6) is 0 Å². The summed E-state index contributed by atoms with van der Waals surface area (Å²) in [5.74, 6) is 0.331. The fourth-order valence-electron chi connectivity index (χ4n) is 6.97. The number of likely N-dealkylation sites (tertiary alicyclic amines) is 1. The van der Waals surface area contributed by atoms with Crippen LogP contribution in [-0.4, -0.2) is 80.7 Å². The van der Waals surface area contributed by atoms with Crippen molar-refractivity contribution in [2.24, 2.45) is 11.8 Å². The molecule has 0 bridgehead atoms. The Bertz CT molecular complexity index is 1690. The predicted octanol–water partition coefficient (Wildman–Crippen LogP) is 3.82. The number of carbonyl (C=O) groups is 2. The third-order valence-electron chi connectivity index (χ3n) is 9.43. The Morgan fingerprint density at radius 1 is 0.952 bits per heavy atom. The summed E-state index contributed by atoms with van der Waals surface area (Å²) < 4.78 is 1.76. The van der Waals surface area contributed by atoms with Crippen molar-refractivity contribution in [3.63, 3.8) is 0 Å². The molecule has 0 aliphatic carbocycles. The zero-order chi connectivity index (χ0) is 29.2. The highest BCUT2D eigenvalue weighted by atomic mass is 16.4. The minimum Gasteiger partial charge on any atom is -0.477 e. The van der Waals surface area contributed by atoms with Gasteiger partial charge in [0.25, 0.3) is 5.91 Å². The van der Waals surface area contributed by atoms with Crippen molar-refractivity contribution in [1.29, 1.82) is 0 Å². The van der Waals surface area contributed by atoms with Gasteiger partial charge in [-0.1, -0.05) is 42.8 Å². The quantitative estimate of drug-likeness (QED) is 0.389. The first-order valence-electron chi connectivity index (χ1n) is 14.6. The van der Waals surface area contributed by atoms with Gasteiger partial charge in [0, 0.05) is 56.5 Å². The van der Waals surface area contributed by atoms with E-state index in [4.69, 9.17) is 0 Å². The van der Waals surface area contributed by atoms with E-state index < -0.39 is 5.97 Å². The molecule has 3 atom stereocenters. The average Bonchev–Trinajstić information content (AvgIpc) is 3.75. The first-order chi connectivity index (χ1) is 20.2. The summed E-state index contributed by atoms with van der Waals surface area (Å²) in [6, 6.07) is 16.1. The lowest BCUT2D eigenvalue weighted by molar-refractivity contribution is 0.0689. The van der Waals surface area contributed by atoms with E-state index in [9.17, 15) is 14.7 Å². The number of aromatic carboxylic acids is 1. The number of amides is 1. The van der Waals surface area contributed by atoms with Crippen molar-refractivity contribution in [2.75, 3.05) is 49.1 Å². The number of aryl methyl sites for hydroxylation is 2. The van der Waals surface area contributed by atoms with Crippen LogP contribution in [0.3, 0.4) is 0 Å². The fraction of sp³-hybridized carbons (Fsp3) is 0.406. The van der Waals surface area contributed by atoms with Crippen LogP contribution in [0.1, 0.15) is 51.1 Å².